The third-order valence-corrected chi connectivity index (χ3v) is 6.45. The van der Waals surface area contributed by atoms with E-state index in [0.717, 1.165) is 34.8 Å². The summed E-state index contributed by atoms with van der Waals surface area (Å²) in [5.74, 6) is -0.498. The van der Waals surface area contributed by atoms with Gasteiger partial charge in [-0.05, 0) is 25.5 Å². The van der Waals surface area contributed by atoms with E-state index in [1.165, 1.54) is 11.3 Å². The van der Waals surface area contributed by atoms with E-state index in [-0.39, 0.29) is 24.2 Å². The van der Waals surface area contributed by atoms with E-state index in [2.05, 4.69) is 41.4 Å². The highest BCUT2D eigenvalue weighted by Gasteiger charge is 2.34. The average Bonchev–Trinajstić information content (AvgIpc) is 3.43. The van der Waals surface area contributed by atoms with Crippen molar-refractivity contribution in [1.29, 1.82) is 0 Å². The maximum Gasteiger partial charge on any atom is 0.231 e. The monoisotopic (exact) mass is 434 g/mol. The molecule has 1 aliphatic heterocycles. The number of amides is 2. The lowest BCUT2D eigenvalue weighted by Crippen LogP contribution is -2.28. The smallest absolute Gasteiger partial charge is 0.231 e. The van der Waals surface area contributed by atoms with Crippen LogP contribution < -0.4 is 5.32 Å². The molecule has 0 saturated carbocycles. The van der Waals surface area contributed by atoms with Crippen molar-refractivity contribution in [2.24, 2.45) is 5.92 Å². The molecule has 1 aliphatic rings. The third kappa shape index (κ3) is 4.46. The fourth-order valence-electron chi connectivity index (χ4n) is 4.04. The highest BCUT2D eigenvalue weighted by molar-refractivity contribution is 7.14. The predicted molar refractivity (Wildman–Crippen MR) is 124 cm³/mol. The quantitative estimate of drug-likeness (QED) is 0.561. The molecule has 0 spiro atoms. The van der Waals surface area contributed by atoms with E-state index in [1.54, 1.807) is 4.90 Å². The van der Waals surface area contributed by atoms with Crippen LogP contribution in [-0.4, -0.2) is 32.8 Å². The molecule has 1 atom stereocenters. The molecule has 1 fully saturated rings. The molecule has 1 N–H and O–H groups in total. The van der Waals surface area contributed by atoms with Gasteiger partial charge in [-0.25, -0.2) is 4.98 Å². The molecule has 3 aromatic rings. The topological polar surface area (TPSA) is 67.2 Å². The van der Waals surface area contributed by atoms with Crippen LogP contribution in [0, 0.1) is 19.8 Å². The molecule has 160 valence electrons. The Hall–Kier alpha value is -3.19. The number of allylic oxidation sites excluding steroid dienone is 1. The highest BCUT2D eigenvalue weighted by atomic mass is 32.1. The molecule has 0 aliphatic carbocycles. The molecule has 4 rings (SSSR count). The molecule has 31 heavy (non-hydrogen) atoms. The van der Waals surface area contributed by atoms with Crippen molar-refractivity contribution >= 4 is 28.3 Å². The minimum Gasteiger partial charge on any atom is -0.345 e. The average molecular weight is 435 g/mol. The van der Waals surface area contributed by atoms with E-state index in [4.69, 9.17) is 0 Å². The lowest BCUT2D eigenvalue weighted by molar-refractivity contribution is -0.128. The van der Waals surface area contributed by atoms with E-state index >= 15 is 0 Å². The molecule has 1 saturated heterocycles. The molecule has 3 heterocycles. The summed E-state index contributed by atoms with van der Waals surface area (Å²) in [4.78, 5) is 31.5. The van der Waals surface area contributed by atoms with Crippen LogP contribution in [0.2, 0.25) is 0 Å². The zero-order valence-electron chi connectivity index (χ0n) is 17.8. The van der Waals surface area contributed by atoms with Gasteiger partial charge in [-0.15, -0.1) is 17.9 Å². The fourth-order valence-corrected chi connectivity index (χ4v) is 4.75. The number of hydrogen-bond acceptors (Lipinski definition) is 4. The van der Waals surface area contributed by atoms with Crippen molar-refractivity contribution in [2.45, 2.75) is 33.4 Å². The van der Waals surface area contributed by atoms with Crippen LogP contribution in [-0.2, 0) is 22.7 Å². The van der Waals surface area contributed by atoms with E-state index in [0.29, 0.717) is 18.2 Å². The van der Waals surface area contributed by atoms with E-state index < -0.39 is 0 Å². The third-order valence-electron chi connectivity index (χ3n) is 5.70. The summed E-state index contributed by atoms with van der Waals surface area (Å²) in [5, 5.41) is 5.42. The molecule has 1 unspecified atom stereocenters. The number of carbonyl (C=O) groups excluding carboxylic acids is 2. The highest BCUT2D eigenvalue weighted by Crippen LogP contribution is 2.30. The molecule has 2 aromatic heterocycles. The van der Waals surface area contributed by atoms with Crippen LogP contribution in [0.5, 0.6) is 0 Å². The van der Waals surface area contributed by atoms with Crippen LogP contribution in [0.15, 0.2) is 54.4 Å². The second-order valence-electron chi connectivity index (χ2n) is 7.87. The van der Waals surface area contributed by atoms with Gasteiger partial charge in [-0.2, -0.15) is 0 Å². The molecule has 6 nitrogen and oxygen atoms in total. The van der Waals surface area contributed by atoms with Gasteiger partial charge in [-0.3, -0.25) is 9.59 Å². The second-order valence-corrected chi connectivity index (χ2v) is 8.73. The number of hydrogen-bond donors (Lipinski definition) is 1. The standard InChI is InChI=1S/C24H26N4O2S/c1-4-10-28-16(2)11-20(17(28)3)21-15-31-24(25-21)26-23(30)19-12-22(29)27(14-19)13-18-8-6-5-7-9-18/h4-9,11,15,19H,1,10,12-14H2,2-3H3,(H,25,26,30). The lowest BCUT2D eigenvalue weighted by Gasteiger charge is -2.16. The number of thiazole rings is 1. The zero-order chi connectivity index (χ0) is 22.0. The van der Waals surface area contributed by atoms with Crippen LogP contribution in [0.25, 0.3) is 11.3 Å². The zero-order valence-corrected chi connectivity index (χ0v) is 18.6. The van der Waals surface area contributed by atoms with Crippen LogP contribution in [0.3, 0.4) is 0 Å². The van der Waals surface area contributed by atoms with Gasteiger partial charge in [0, 0.05) is 48.4 Å². The molecular weight excluding hydrogens is 408 g/mol. The summed E-state index contributed by atoms with van der Waals surface area (Å²) in [5.41, 5.74) is 5.24. The van der Waals surface area contributed by atoms with E-state index in [9.17, 15) is 9.59 Å². The first-order valence-electron chi connectivity index (χ1n) is 10.3. The van der Waals surface area contributed by atoms with Gasteiger partial charge in [-0.1, -0.05) is 36.4 Å². The summed E-state index contributed by atoms with van der Waals surface area (Å²) in [7, 11) is 0. The minimum atomic E-state index is -0.360. The summed E-state index contributed by atoms with van der Waals surface area (Å²) in [6.45, 7) is 9.66. The Bertz CT molecular complexity index is 1120. The SMILES string of the molecule is C=CCn1c(C)cc(-c2csc(NC(=O)C3CC(=O)N(Cc4ccccc4)C3)n2)c1C. The van der Waals surface area contributed by atoms with Crippen LogP contribution in [0.1, 0.15) is 23.4 Å². The maximum absolute atomic E-state index is 12.8. The Labute approximate surface area is 186 Å². The Morgan fingerprint density at radius 3 is 2.84 bits per heavy atom. The Balaban J connectivity index is 1.41. The number of carbonyl (C=O) groups is 2. The van der Waals surface area contributed by atoms with Crippen molar-refractivity contribution in [3.63, 3.8) is 0 Å². The van der Waals surface area contributed by atoms with Gasteiger partial charge in [0.2, 0.25) is 11.8 Å². The van der Waals surface area contributed by atoms with Crippen LogP contribution >= 0.6 is 11.3 Å². The molecule has 1 aromatic carbocycles. The number of aromatic nitrogens is 2. The molecule has 7 heteroatoms. The number of nitrogens with zero attached hydrogens (tertiary/aromatic N) is 3. The maximum atomic E-state index is 12.8. The first kappa shape index (κ1) is 21.1. The van der Waals surface area contributed by atoms with Crippen molar-refractivity contribution in [1.82, 2.24) is 14.5 Å². The molecule has 0 radical (unpaired) electrons. The van der Waals surface area contributed by atoms with Gasteiger partial charge in [0.15, 0.2) is 5.13 Å². The Kier molecular flexibility index (Phi) is 6.04. The van der Waals surface area contributed by atoms with Crippen molar-refractivity contribution in [3.8, 4) is 11.3 Å². The number of anilines is 1. The minimum absolute atomic E-state index is 0.0125. The van der Waals surface area contributed by atoms with Gasteiger partial charge in [0.25, 0.3) is 0 Å². The number of benzene rings is 1. The van der Waals surface area contributed by atoms with Gasteiger partial charge >= 0.3 is 0 Å². The molecule has 2 amide bonds. The molecule has 0 bridgehead atoms. The van der Waals surface area contributed by atoms with Crippen molar-refractivity contribution in [2.75, 3.05) is 11.9 Å². The summed E-state index contributed by atoms with van der Waals surface area (Å²) in [6.07, 6.45) is 2.11. The fraction of sp³-hybridized carbons (Fsp3) is 0.292. The Morgan fingerprint density at radius 2 is 2.10 bits per heavy atom. The largest absolute Gasteiger partial charge is 0.345 e. The first-order chi connectivity index (χ1) is 15.0. The van der Waals surface area contributed by atoms with Gasteiger partial charge < -0.3 is 14.8 Å². The predicted octanol–water partition coefficient (Wildman–Crippen LogP) is 4.40. The second kappa shape index (κ2) is 8.89. The number of aryl methyl sites for hydroxylation is 1. The van der Waals surface area contributed by atoms with Crippen LogP contribution in [0.4, 0.5) is 5.13 Å². The van der Waals surface area contributed by atoms with Crippen molar-refractivity contribution < 1.29 is 9.59 Å². The first-order valence-corrected chi connectivity index (χ1v) is 11.2. The lowest BCUT2D eigenvalue weighted by atomic mass is 10.1. The van der Waals surface area contributed by atoms with Crippen molar-refractivity contribution in [3.05, 3.63) is 71.4 Å². The molecular formula is C24H26N4O2S. The van der Waals surface area contributed by atoms with Gasteiger partial charge in [0.05, 0.1) is 11.6 Å². The normalized spacial score (nSPS) is 16.0. The summed E-state index contributed by atoms with van der Waals surface area (Å²) in [6, 6.07) is 11.9. The number of likely N-dealkylation sites (tertiary alicyclic amines) is 1. The number of nitrogens with one attached hydrogen (secondary N) is 1. The number of rotatable bonds is 7. The Morgan fingerprint density at radius 1 is 1.32 bits per heavy atom. The summed E-state index contributed by atoms with van der Waals surface area (Å²) < 4.78 is 2.19. The summed E-state index contributed by atoms with van der Waals surface area (Å²) >= 11 is 1.40. The van der Waals surface area contributed by atoms with E-state index in [1.807, 2.05) is 41.8 Å². The van der Waals surface area contributed by atoms with Gasteiger partial charge in [0.1, 0.15) is 0 Å².